The summed E-state index contributed by atoms with van der Waals surface area (Å²) in [5.74, 6) is 0.807. The van der Waals surface area contributed by atoms with Gasteiger partial charge in [0.05, 0.1) is 38.2 Å². The number of ether oxygens (including phenoxy) is 1. The molecule has 2 aromatic rings. The van der Waals surface area contributed by atoms with Crippen LogP contribution in [-0.4, -0.2) is 50.7 Å². The molecule has 0 spiro atoms. The average molecular weight is 385 g/mol. The van der Waals surface area contributed by atoms with E-state index in [2.05, 4.69) is 10.2 Å². The number of rotatable bonds is 7. The Labute approximate surface area is 163 Å². The number of amides is 1. The minimum atomic E-state index is -0.393. The van der Waals surface area contributed by atoms with Crippen molar-refractivity contribution in [3.8, 4) is 5.75 Å². The first-order chi connectivity index (χ1) is 13.5. The Morgan fingerprint density at radius 3 is 2.57 bits per heavy atom. The maximum absolute atomic E-state index is 12.3. The van der Waals surface area contributed by atoms with Gasteiger partial charge in [-0.05, 0) is 29.8 Å². The average Bonchev–Trinajstić information content (AvgIpc) is 2.73. The van der Waals surface area contributed by atoms with Crippen molar-refractivity contribution in [3.05, 3.63) is 64.2 Å². The number of nitrogens with one attached hydrogen (secondary N) is 2. The molecule has 2 aromatic carbocycles. The normalized spacial score (nSPS) is 14.5. The summed E-state index contributed by atoms with van der Waals surface area (Å²) in [7, 11) is 1.62. The Morgan fingerprint density at radius 1 is 1.21 bits per heavy atom. The number of nitro benzene ring substituents is 1. The van der Waals surface area contributed by atoms with E-state index in [1.807, 2.05) is 24.3 Å². The minimum absolute atomic E-state index is 0.0293. The molecule has 0 unspecified atom stereocenters. The molecule has 1 saturated heterocycles. The highest BCUT2D eigenvalue weighted by molar-refractivity contribution is 5.76. The van der Waals surface area contributed by atoms with Crippen molar-refractivity contribution in [2.75, 3.05) is 44.7 Å². The first-order valence-corrected chi connectivity index (χ1v) is 9.28. The van der Waals surface area contributed by atoms with Crippen LogP contribution < -0.4 is 19.9 Å². The van der Waals surface area contributed by atoms with Crippen LogP contribution in [0.25, 0.3) is 0 Å². The monoisotopic (exact) mass is 385 g/mol. The van der Waals surface area contributed by atoms with Crippen LogP contribution in [0, 0.1) is 10.1 Å². The molecule has 1 amide bonds. The van der Waals surface area contributed by atoms with Crippen molar-refractivity contribution < 1.29 is 19.4 Å². The topological polar surface area (TPSA) is 89.2 Å². The van der Waals surface area contributed by atoms with Crippen LogP contribution >= 0.6 is 0 Å². The van der Waals surface area contributed by atoms with E-state index in [1.54, 1.807) is 19.2 Å². The van der Waals surface area contributed by atoms with Gasteiger partial charge in [-0.15, -0.1) is 0 Å². The third-order valence-electron chi connectivity index (χ3n) is 4.93. The predicted molar refractivity (Wildman–Crippen MR) is 106 cm³/mol. The molecule has 0 saturated carbocycles. The van der Waals surface area contributed by atoms with Crippen molar-refractivity contribution in [1.82, 2.24) is 5.32 Å². The lowest BCUT2D eigenvalue weighted by atomic mass is 10.2. The molecule has 0 aromatic heterocycles. The minimum Gasteiger partial charge on any atom is -0.497 e. The summed E-state index contributed by atoms with van der Waals surface area (Å²) < 4.78 is 5.19. The highest BCUT2D eigenvalue weighted by Crippen LogP contribution is 2.19. The molecular weight excluding hydrogens is 360 g/mol. The van der Waals surface area contributed by atoms with Gasteiger partial charge in [0.2, 0.25) is 0 Å². The van der Waals surface area contributed by atoms with E-state index in [0.29, 0.717) is 13.1 Å². The number of nitro groups is 1. The number of nitrogens with zero attached hydrogens (tertiary/aromatic N) is 2. The van der Waals surface area contributed by atoms with E-state index in [-0.39, 0.29) is 11.6 Å². The maximum atomic E-state index is 12.3. The van der Waals surface area contributed by atoms with Crippen LogP contribution in [0.15, 0.2) is 48.5 Å². The standard InChI is InChI=1S/C20H24N4O4/c1-28-19-4-2-3-16(13-19)14-21-20(25)15-22-9-11-23(12-10-22)17-5-7-18(8-6-17)24(26)27/h2-8,13H,9-12,14-15H2,1H3,(H,21,25)/p+1. The molecule has 1 aliphatic rings. The maximum Gasteiger partial charge on any atom is 0.275 e. The SMILES string of the molecule is COc1cccc(CNC(=O)C[NH+]2CCN(c3ccc([N+](=O)[O-])cc3)CC2)c1. The summed E-state index contributed by atoms with van der Waals surface area (Å²) in [4.78, 5) is 26.0. The fraction of sp³-hybridized carbons (Fsp3) is 0.350. The lowest BCUT2D eigenvalue weighted by Crippen LogP contribution is -3.15. The summed E-state index contributed by atoms with van der Waals surface area (Å²) in [6.45, 7) is 4.26. The fourth-order valence-electron chi connectivity index (χ4n) is 3.32. The highest BCUT2D eigenvalue weighted by atomic mass is 16.6. The number of carbonyl (C=O) groups excluding carboxylic acids is 1. The zero-order chi connectivity index (χ0) is 19.9. The first-order valence-electron chi connectivity index (χ1n) is 9.28. The molecule has 0 atom stereocenters. The van der Waals surface area contributed by atoms with Gasteiger partial charge in [-0.3, -0.25) is 14.9 Å². The number of anilines is 1. The van der Waals surface area contributed by atoms with Crippen LogP contribution in [0.2, 0.25) is 0 Å². The summed E-state index contributed by atoms with van der Waals surface area (Å²) in [5.41, 5.74) is 2.08. The van der Waals surface area contributed by atoms with Gasteiger partial charge in [0.15, 0.2) is 6.54 Å². The summed E-state index contributed by atoms with van der Waals surface area (Å²) in [6.07, 6.45) is 0. The van der Waals surface area contributed by atoms with Gasteiger partial charge in [0.25, 0.3) is 11.6 Å². The Kier molecular flexibility index (Phi) is 6.44. The molecule has 28 heavy (non-hydrogen) atoms. The lowest BCUT2D eigenvalue weighted by molar-refractivity contribution is -0.892. The number of hydrogen-bond donors (Lipinski definition) is 2. The summed E-state index contributed by atoms with van der Waals surface area (Å²) >= 11 is 0. The number of quaternary nitrogens is 1. The molecule has 0 aliphatic carbocycles. The van der Waals surface area contributed by atoms with Gasteiger partial charge in [0.1, 0.15) is 5.75 Å². The molecule has 1 fully saturated rings. The van der Waals surface area contributed by atoms with Crippen molar-refractivity contribution in [2.24, 2.45) is 0 Å². The number of methoxy groups -OCH3 is 1. The number of hydrogen-bond acceptors (Lipinski definition) is 5. The van der Waals surface area contributed by atoms with Gasteiger partial charge in [0, 0.05) is 24.4 Å². The summed E-state index contributed by atoms with van der Waals surface area (Å²) in [6, 6.07) is 14.3. The van der Waals surface area contributed by atoms with Crippen LogP contribution in [0.3, 0.4) is 0 Å². The molecule has 0 bridgehead atoms. The molecule has 1 aliphatic heterocycles. The van der Waals surface area contributed by atoms with E-state index >= 15 is 0 Å². The van der Waals surface area contributed by atoms with Crippen molar-refractivity contribution in [1.29, 1.82) is 0 Å². The summed E-state index contributed by atoms with van der Waals surface area (Å²) in [5, 5.41) is 13.7. The highest BCUT2D eigenvalue weighted by Gasteiger charge is 2.22. The largest absolute Gasteiger partial charge is 0.497 e. The second-order valence-corrected chi connectivity index (χ2v) is 6.82. The molecule has 2 N–H and O–H groups in total. The Balaban J connectivity index is 1.43. The molecule has 8 nitrogen and oxygen atoms in total. The second-order valence-electron chi connectivity index (χ2n) is 6.82. The van der Waals surface area contributed by atoms with Crippen LogP contribution in [0.4, 0.5) is 11.4 Å². The number of non-ortho nitro benzene ring substituents is 1. The molecular formula is C20H25N4O4+. The van der Waals surface area contributed by atoms with E-state index in [9.17, 15) is 14.9 Å². The zero-order valence-electron chi connectivity index (χ0n) is 15.9. The van der Waals surface area contributed by atoms with Gasteiger partial charge >= 0.3 is 0 Å². The Morgan fingerprint density at radius 2 is 1.93 bits per heavy atom. The smallest absolute Gasteiger partial charge is 0.275 e. The van der Waals surface area contributed by atoms with Crippen molar-refractivity contribution in [2.45, 2.75) is 6.54 Å². The van der Waals surface area contributed by atoms with Crippen LogP contribution in [-0.2, 0) is 11.3 Å². The van der Waals surface area contributed by atoms with Crippen molar-refractivity contribution in [3.63, 3.8) is 0 Å². The third kappa shape index (κ3) is 5.20. The predicted octanol–water partition coefficient (Wildman–Crippen LogP) is 0.625. The zero-order valence-corrected chi connectivity index (χ0v) is 15.9. The quantitative estimate of drug-likeness (QED) is 0.539. The van der Waals surface area contributed by atoms with Crippen molar-refractivity contribution >= 4 is 17.3 Å². The van der Waals surface area contributed by atoms with E-state index in [4.69, 9.17) is 4.74 Å². The molecule has 0 radical (unpaired) electrons. The molecule has 3 rings (SSSR count). The number of piperazine rings is 1. The van der Waals surface area contributed by atoms with Crippen LogP contribution in [0.1, 0.15) is 5.56 Å². The van der Waals surface area contributed by atoms with Gasteiger partial charge in [-0.2, -0.15) is 0 Å². The van der Waals surface area contributed by atoms with Gasteiger partial charge in [-0.25, -0.2) is 0 Å². The molecule has 8 heteroatoms. The van der Waals surface area contributed by atoms with E-state index < -0.39 is 4.92 Å². The molecule has 1 heterocycles. The molecule has 148 valence electrons. The van der Waals surface area contributed by atoms with Gasteiger partial charge in [-0.1, -0.05) is 12.1 Å². The third-order valence-corrected chi connectivity index (χ3v) is 4.93. The Bertz CT molecular complexity index is 817. The van der Waals surface area contributed by atoms with Crippen LogP contribution in [0.5, 0.6) is 5.75 Å². The first kappa shape index (κ1) is 19.6. The number of benzene rings is 2. The Hall–Kier alpha value is -3.13. The number of carbonyl (C=O) groups is 1. The second kappa shape index (κ2) is 9.18. The lowest BCUT2D eigenvalue weighted by Gasteiger charge is -2.33. The fourth-order valence-corrected chi connectivity index (χ4v) is 3.32. The van der Waals surface area contributed by atoms with E-state index in [1.165, 1.54) is 17.0 Å². The van der Waals surface area contributed by atoms with Gasteiger partial charge < -0.3 is 19.9 Å². The van der Waals surface area contributed by atoms with E-state index in [0.717, 1.165) is 43.2 Å².